The Morgan fingerprint density at radius 1 is 1.36 bits per heavy atom. The molecular formula is C3H5N3O5. The van der Waals surface area contributed by atoms with Crippen LogP contribution in [0, 0.1) is 20.2 Å². The highest BCUT2D eigenvalue weighted by atomic mass is 17.0. The highest BCUT2D eigenvalue weighted by molar-refractivity contribution is 4.72. The second-order valence-corrected chi connectivity index (χ2v) is 2.06. The molecule has 0 aliphatic carbocycles. The fraction of sp³-hybridized carbons (Fsp3) is 1.00. The summed E-state index contributed by atoms with van der Waals surface area (Å²) in [5, 5.41) is 18.9. The predicted molar refractivity (Wildman–Crippen MR) is 30.4 cm³/mol. The maximum absolute atomic E-state index is 9.92. The fourth-order valence-corrected chi connectivity index (χ4v) is 0.738. The Morgan fingerprint density at radius 2 is 1.91 bits per heavy atom. The van der Waals surface area contributed by atoms with Crippen LogP contribution in [0.25, 0.3) is 0 Å². The summed E-state index contributed by atoms with van der Waals surface area (Å²) in [4.78, 5) is 23.6. The average Bonchev–Trinajstić information content (AvgIpc) is 1.75. The van der Waals surface area contributed by atoms with Crippen LogP contribution in [0.3, 0.4) is 0 Å². The van der Waals surface area contributed by atoms with Gasteiger partial charge in [-0.15, -0.1) is 15.1 Å². The first kappa shape index (κ1) is 7.51. The van der Waals surface area contributed by atoms with E-state index in [0.29, 0.717) is 0 Å². The van der Waals surface area contributed by atoms with Gasteiger partial charge >= 0.3 is 0 Å². The molecule has 0 bridgehead atoms. The van der Waals surface area contributed by atoms with Crippen molar-refractivity contribution >= 4 is 0 Å². The van der Waals surface area contributed by atoms with E-state index in [1.165, 1.54) is 0 Å². The minimum Gasteiger partial charge on any atom is -0.306 e. The fourth-order valence-electron chi connectivity index (χ4n) is 0.738. The summed E-state index contributed by atoms with van der Waals surface area (Å²) >= 11 is 0. The number of nitro groups is 1. The van der Waals surface area contributed by atoms with Crippen molar-refractivity contribution in [2.75, 3.05) is 13.1 Å². The van der Waals surface area contributed by atoms with Gasteiger partial charge in [0.15, 0.2) is 11.1 Å². The third-order valence-electron chi connectivity index (χ3n) is 1.29. The predicted octanol–water partition coefficient (Wildman–Crippen LogP) is -0.929. The van der Waals surface area contributed by atoms with Crippen LogP contribution in [-0.4, -0.2) is 34.3 Å². The zero-order valence-electron chi connectivity index (χ0n) is 5.37. The van der Waals surface area contributed by atoms with Crippen LogP contribution in [0.2, 0.25) is 0 Å². The molecule has 0 aromatic carbocycles. The summed E-state index contributed by atoms with van der Waals surface area (Å²) in [5.41, 5.74) is 0. The average molecular weight is 163 g/mol. The number of hydrogen-bond acceptors (Lipinski definition) is 5. The van der Waals surface area contributed by atoms with E-state index in [2.05, 4.69) is 4.84 Å². The molecule has 0 N–H and O–H groups in total. The van der Waals surface area contributed by atoms with Crippen LogP contribution in [0.1, 0.15) is 0 Å². The lowest BCUT2D eigenvalue weighted by molar-refractivity contribution is -0.786. The van der Waals surface area contributed by atoms with E-state index in [0.717, 1.165) is 5.01 Å². The molecule has 8 nitrogen and oxygen atoms in total. The van der Waals surface area contributed by atoms with Gasteiger partial charge in [0.25, 0.3) is 5.09 Å². The Bertz CT molecular complexity index is 187. The van der Waals surface area contributed by atoms with Gasteiger partial charge in [-0.2, -0.15) is 0 Å². The molecule has 11 heavy (non-hydrogen) atoms. The van der Waals surface area contributed by atoms with Crippen molar-refractivity contribution in [1.82, 2.24) is 5.01 Å². The highest BCUT2D eigenvalue weighted by Gasteiger charge is 2.36. The molecule has 1 aliphatic rings. The first-order valence-corrected chi connectivity index (χ1v) is 2.80. The molecule has 0 amide bonds. The molecule has 8 heteroatoms. The molecule has 1 aliphatic heterocycles. The van der Waals surface area contributed by atoms with Crippen molar-refractivity contribution in [2.24, 2.45) is 0 Å². The van der Waals surface area contributed by atoms with Gasteiger partial charge in [0.1, 0.15) is 13.1 Å². The number of rotatable bonds is 3. The van der Waals surface area contributed by atoms with Gasteiger partial charge in [-0.3, -0.25) is 0 Å². The van der Waals surface area contributed by atoms with Crippen LogP contribution in [-0.2, 0) is 4.84 Å². The van der Waals surface area contributed by atoms with E-state index in [-0.39, 0.29) is 13.1 Å². The van der Waals surface area contributed by atoms with Crippen LogP contribution in [0.15, 0.2) is 0 Å². The van der Waals surface area contributed by atoms with Crippen LogP contribution in [0.5, 0.6) is 0 Å². The monoisotopic (exact) mass is 163 g/mol. The lowest BCUT2D eigenvalue weighted by atomic mass is 10.2. The van der Waals surface area contributed by atoms with Crippen LogP contribution >= 0.6 is 0 Å². The van der Waals surface area contributed by atoms with Gasteiger partial charge in [0, 0.05) is 0 Å². The van der Waals surface area contributed by atoms with Crippen LogP contribution < -0.4 is 0 Å². The molecule has 1 rings (SSSR count). The molecule has 1 heterocycles. The Morgan fingerprint density at radius 3 is 2.27 bits per heavy atom. The van der Waals surface area contributed by atoms with E-state index in [9.17, 15) is 20.2 Å². The molecular weight excluding hydrogens is 158 g/mol. The van der Waals surface area contributed by atoms with Gasteiger partial charge in [-0.1, -0.05) is 0 Å². The Hall–Kier alpha value is -1.60. The molecule has 0 atom stereocenters. The smallest absolute Gasteiger partial charge is 0.294 e. The van der Waals surface area contributed by atoms with E-state index >= 15 is 0 Å². The maximum Gasteiger partial charge on any atom is 0.294 e. The molecule has 1 fully saturated rings. The second-order valence-electron chi connectivity index (χ2n) is 2.06. The third-order valence-corrected chi connectivity index (χ3v) is 1.29. The molecule has 0 aromatic rings. The molecule has 0 unspecified atom stereocenters. The van der Waals surface area contributed by atoms with Crippen molar-refractivity contribution in [3.63, 3.8) is 0 Å². The minimum absolute atomic E-state index is 0.0199. The van der Waals surface area contributed by atoms with Crippen molar-refractivity contribution in [2.45, 2.75) is 6.10 Å². The number of hydrazine groups is 1. The Kier molecular flexibility index (Phi) is 1.75. The summed E-state index contributed by atoms with van der Waals surface area (Å²) in [6.07, 6.45) is -0.643. The molecule has 0 spiro atoms. The SMILES string of the molecule is O=[N+]([O-])OC1CN([N+](=O)[O-])C1. The van der Waals surface area contributed by atoms with E-state index in [4.69, 9.17) is 0 Å². The number of hydrogen-bond donors (Lipinski definition) is 0. The molecule has 0 aromatic heterocycles. The van der Waals surface area contributed by atoms with Crippen molar-refractivity contribution in [3.8, 4) is 0 Å². The van der Waals surface area contributed by atoms with Crippen molar-refractivity contribution < 1.29 is 15.0 Å². The zero-order valence-corrected chi connectivity index (χ0v) is 5.37. The Balaban J connectivity index is 2.19. The second kappa shape index (κ2) is 2.56. The Labute approximate surface area is 60.6 Å². The first-order chi connectivity index (χ1) is 5.09. The summed E-state index contributed by atoms with van der Waals surface area (Å²) in [6, 6.07) is 0. The third kappa shape index (κ3) is 1.66. The maximum atomic E-state index is 9.92. The van der Waals surface area contributed by atoms with Crippen LogP contribution in [0.4, 0.5) is 0 Å². The lowest BCUT2D eigenvalue weighted by Gasteiger charge is -2.29. The van der Waals surface area contributed by atoms with Crippen molar-refractivity contribution in [3.05, 3.63) is 20.2 Å². The summed E-state index contributed by atoms with van der Waals surface area (Å²) in [6.45, 7) is -0.0397. The highest BCUT2D eigenvalue weighted by Crippen LogP contribution is 2.10. The van der Waals surface area contributed by atoms with E-state index < -0.39 is 16.2 Å². The van der Waals surface area contributed by atoms with Crippen molar-refractivity contribution in [1.29, 1.82) is 0 Å². The number of nitrogens with zero attached hydrogens (tertiary/aromatic N) is 3. The normalized spacial score (nSPS) is 17.3. The molecule has 0 radical (unpaired) electrons. The minimum atomic E-state index is -0.943. The largest absolute Gasteiger partial charge is 0.306 e. The zero-order chi connectivity index (χ0) is 8.43. The van der Waals surface area contributed by atoms with Gasteiger partial charge in [0.2, 0.25) is 0 Å². The first-order valence-electron chi connectivity index (χ1n) is 2.80. The van der Waals surface area contributed by atoms with E-state index in [1.807, 2.05) is 0 Å². The molecule has 1 saturated heterocycles. The molecule has 62 valence electrons. The topological polar surface area (TPSA) is 98.8 Å². The summed E-state index contributed by atoms with van der Waals surface area (Å²) < 4.78 is 0. The lowest BCUT2D eigenvalue weighted by Crippen LogP contribution is -2.55. The van der Waals surface area contributed by atoms with E-state index in [1.54, 1.807) is 0 Å². The molecule has 0 saturated carbocycles. The van der Waals surface area contributed by atoms with Gasteiger partial charge in [-0.25, -0.2) is 10.1 Å². The van der Waals surface area contributed by atoms with Gasteiger partial charge < -0.3 is 4.84 Å². The summed E-state index contributed by atoms with van der Waals surface area (Å²) in [7, 11) is 0. The van der Waals surface area contributed by atoms with Gasteiger partial charge in [0.05, 0.1) is 0 Å². The van der Waals surface area contributed by atoms with Gasteiger partial charge in [-0.05, 0) is 0 Å². The summed E-state index contributed by atoms with van der Waals surface area (Å²) in [5.74, 6) is 0. The quantitative estimate of drug-likeness (QED) is 0.393. The standard InChI is InChI=1S/C3H5N3O5/c7-5(8)4-1-3(2-4)11-6(9)10/h3H,1-2H2.